The van der Waals surface area contributed by atoms with E-state index in [1.807, 2.05) is 24.3 Å². The third kappa shape index (κ3) is 4.09. The number of aliphatic hydroxyl groups excluding tert-OH is 1. The zero-order valence-corrected chi connectivity index (χ0v) is 17.9. The van der Waals surface area contributed by atoms with Crippen molar-refractivity contribution < 1.29 is 18.3 Å². The van der Waals surface area contributed by atoms with Crippen LogP contribution >= 0.6 is 11.6 Å². The number of ether oxygens (including phenoxy) is 1. The molecule has 1 aliphatic rings. The fourth-order valence-corrected chi connectivity index (χ4v) is 5.44. The summed E-state index contributed by atoms with van der Waals surface area (Å²) in [6.07, 6.45) is 2.13. The minimum absolute atomic E-state index is 0.0392. The van der Waals surface area contributed by atoms with Crippen molar-refractivity contribution in [1.82, 2.24) is 14.3 Å². The molecule has 1 fully saturated rings. The summed E-state index contributed by atoms with van der Waals surface area (Å²) in [6.45, 7) is 0.537. The summed E-state index contributed by atoms with van der Waals surface area (Å²) in [5.41, 5.74) is 2.21. The van der Waals surface area contributed by atoms with Gasteiger partial charge >= 0.3 is 0 Å². The van der Waals surface area contributed by atoms with E-state index in [-0.39, 0.29) is 23.0 Å². The van der Waals surface area contributed by atoms with Crippen LogP contribution in [0.4, 0.5) is 0 Å². The van der Waals surface area contributed by atoms with Gasteiger partial charge in [-0.2, -0.15) is 4.31 Å². The van der Waals surface area contributed by atoms with Crippen LogP contribution in [0.3, 0.4) is 0 Å². The molecule has 2 heterocycles. The van der Waals surface area contributed by atoms with Gasteiger partial charge in [-0.1, -0.05) is 23.7 Å². The minimum Gasteiger partial charge on any atom is -0.497 e. The van der Waals surface area contributed by atoms with Gasteiger partial charge in [-0.15, -0.1) is 0 Å². The number of halogens is 1. The summed E-state index contributed by atoms with van der Waals surface area (Å²) in [5.74, 6) is 1.26. The smallest absolute Gasteiger partial charge is 0.244 e. The molecule has 0 amide bonds. The number of hydrogen-bond acceptors (Lipinski definition) is 5. The quantitative estimate of drug-likeness (QED) is 0.623. The fraction of sp³-hybridized carbons (Fsp3) is 0.286. The minimum atomic E-state index is -3.77. The summed E-state index contributed by atoms with van der Waals surface area (Å²) >= 11 is 6.25. The Kier molecular flexibility index (Phi) is 5.84. The molecule has 30 heavy (non-hydrogen) atoms. The summed E-state index contributed by atoms with van der Waals surface area (Å²) in [7, 11) is -2.16. The zero-order chi connectivity index (χ0) is 21.3. The van der Waals surface area contributed by atoms with Crippen LogP contribution < -0.4 is 4.74 Å². The molecule has 0 aliphatic carbocycles. The Balaban J connectivity index is 1.66. The van der Waals surface area contributed by atoms with Gasteiger partial charge in [0.1, 0.15) is 16.5 Å². The van der Waals surface area contributed by atoms with E-state index in [4.69, 9.17) is 16.3 Å². The first-order valence-electron chi connectivity index (χ1n) is 9.56. The van der Waals surface area contributed by atoms with E-state index in [9.17, 15) is 13.5 Å². The van der Waals surface area contributed by atoms with Gasteiger partial charge in [-0.25, -0.2) is 13.4 Å². The second-order valence-corrected chi connectivity index (χ2v) is 9.46. The number of H-pyrrole nitrogens is 1. The second-order valence-electron chi connectivity index (χ2n) is 7.15. The van der Waals surface area contributed by atoms with Gasteiger partial charge in [0.25, 0.3) is 0 Å². The number of imidazole rings is 1. The fourth-order valence-electron chi connectivity index (χ4n) is 3.47. The normalized spacial score (nSPS) is 16.0. The lowest BCUT2D eigenvalue weighted by Crippen LogP contribution is -2.40. The van der Waals surface area contributed by atoms with Gasteiger partial charge < -0.3 is 14.8 Å². The number of methoxy groups -OCH3 is 1. The lowest BCUT2D eigenvalue weighted by molar-refractivity contribution is 0.113. The molecule has 1 aromatic heterocycles. The van der Waals surface area contributed by atoms with E-state index < -0.39 is 16.1 Å². The standard InChI is InChI=1S/C21H22ClN3O4S/c1-29-17-4-2-3-14(11-17)19-13-23-21(24-19)15-5-6-18(22)20(12-15)30(27,28)25-9-7-16(26)8-10-25/h2-6,11-13,16,26H,7-10H2,1H3,(H,23,24). The van der Waals surface area contributed by atoms with E-state index in [0.717, 1.165) is 11.3 Å². The first-order valence-corrected chi connectivity index (χ1v) is 11.4. The molecule has 0 atom stereocenters. The lowest BCUT2D eigenvalue weighted by Gasteiger charge is -2.29. The monoisotopic (exact) mass is 447 g/mol. The van der Waals surface area contributed by atoms with Crippen LogP contribution in [0.5, 0.6) is 5.75 Å². The summed E-state index contributed by atoms with van der Waals surface area (Å²) in [5, 5.41) is 9.83. The third-order valence-electron chi connectivity index (χ3n) is 5.19. The average Bonchev–Trinajstić information content (AvgIpc) is 3.24. The van der Waals surface area contributed by atoms with Crippen molar-refractivity contribution >= 4 is 21.6 Å². The highest BCUT2D eigenvalue weighted by Gasteiger charge is 2.30. The lowest BCUT2D eigenvalue weighted by atomic mass is 10.1. The van der Waals surface area contributed by atoms with Crippen LogP contribution in [0, 0.1) is 0 Å². The van der Waals surface area contributed by atoms with E-state index in [1.54, 1.807) is 25.4 Å². The van der Waals surface area contributed by atoms with Crippen molar-refractivity contribution in [3.63, 3.8) is 0 Å². The first kappa shape index (κ1) is 20.9. The first-order chi connectivity index (χ1) is 14.4. The molecule has 4 rings (SSSR count). The number of rotatable bonds is 5. The molecule has 0 spiro atoms. The topological polar surface area (TPSA) is 95.5 Å². The third-order valence-corrected chi connectivity index (χ3v) is 7.57. The Morgan fingerprint density at radius 3 is 2.67 bits per heavy atom. The van der Waals surface area contributed by atoms with Crippen LogP contribution in [0.15, 0.2) is 53.6 Å². The maximum Gasteiger partial charge on any atom is 0.244 e. The van der Waals surface area contributed by atoms with Crippen molar-refractivity contribution in [2.24, 2.45) is 0 Å². The number of piperidine rings is 1. The molecule has 3 aromatic rings. The van der Waals surface area contributed by atoms with Crippen LogP contribution in [0.2, 0.25) is 5.02 Å². The molecular weight excluding hydrogens is 426 g/mol. The van der Waals surface area contributed by atoms with Gasteiger partial charge in [0.2, 0.25) is 10.0 Å². The van der Waals surface area contributed by atoms with Crippen LogP contribution in [-0.2, 0) is 10.0 Å². The number of sulfonamides is 1. The van der Waals surface area contributed by atoms with Crippen molar-refractivity contribution in [3.8, 4) is 28.4 Å². The maximum atomic E-state index is 13.1. The molecular formula is C21H22ClN3O4S. The molecule has 0 saturated carbocycles. The largest absolute Gasteiger partial charge is 0.497 e. The molecule has 2 N–H and O–H groups in total. The molecule has 2 aromatic carbocycles. The van der Waals surface area contributed by atoms with Gasteiger partial charge in [0, 0.05) is 30.4 Å². The van der Waals surface area contributed by atoms with Crippen LogP contribution in [0.25, 0.3) is 22.6 Å². The number of benzene rings is 2. The second kappa shape index (κ2) is 8.39. The van der Waals surface area contributed by atoms with Gasteiger partial charge in [-0.05, 0) is 43.2 Å². The molecule has 1 aliphatic heterocycles. The molecule has 0 radical (unpaired) electrons. The Labute approximate surface area is 180 Å². The Morgan fingerprint density at radius 2 is 1.93 bits per heavy atom. The predicted octanol–water partition coefficient (Wildman–Crippen LogP) is 3.55. The van der Waals surface area contributed by atoms with Crippen LogP contribution in [0.1, 0.15) is 12.8 Å². The highest BCUT2D eigenvalue weighted by molar-refractivity contribution is 7.89. The predicted molar refractivity (Wildman–Crippen MR) is 115 cm³/mol. The molecule has 0 unspecified atom stereocenters. The van der Waals surface area contributed by atoms with Gasteiger partial charge in [0.05, 0.1) is 23.9 Å². The van der Waals surface area contributed by atoms with Crippen molar-refractivity contribution in [3.05, 3.63) is 53.7 Å². The number of nitrogens with one attached hydrogen (secondary N) is 1. The van der Waals surface area contributed by atoms with Crippen molar-refractivity contribution in [1.29, 1.82) is 0 Å². The Hall–Kier alpha value is -2.39. The average molecular weight is 448 g/mol. The Bertz CT molecular complexity index is 1150. The van der Waals surface area contributed by atoms with E-state index in [0.29, 0.717) is 29.9 Å². The van der Waals surface area contributed by atoms with E-state index >= 15 is 0 Å². The SMILES string of the molecule is COc1cccc(-c2c[nH]c(-c3ccc(Cl)c(S(=O)(=O)N4CCC(O)CC4)c3)n2)c1. The van der Waals surface area contributed by atoms with Crippen molar-refractivity contribution in [2.75, 3.05) is 20.2 Å². The van der Waals surface area contributed by atoms with Crippen molar-refractivity contribution in [2.45, 2.75) is 23.8 Å². The Morgan fingerprint density at radius 1 is 1.17 bits per heavy atom. The maximum absolute atomic E-state index is 13.1. The number of hydrogen-bond donors (Lipinski definition) is 2. The number of nitrogens with zero attached hydrogens (tertiary/aromatic N) is 2. The van der Waals surface area contributed by atoms with Crippen LogP contribution in [-0.4, -0.2) is 54.1 Å². The molecule has 7 nitrogen and oxygen atoms in total. The van der Waals surface area contributed by atoms with E-state index in [1.165, 1.54) is 10.4 Å². The highest BCUT2D eigenvalue weighted by Crippen LogP contribution is 2.31. The number of aliphatic hydroxyl groups is 1. The molecule has 9 heteroatoms. The number of aromatic nitrogens is 2. The van der Waals surface area contributed by atoms with E-state index in [2.05, 4.69) is 9.97 Å². The summed E-state index contributed by atoms with van der Waals surface area (Å²) < 4.78 is 32.8. The molecule has 1 saturated heterocycles. The number of aromatic amines is 1. The summed E-state index contributed by atoms with van der Waals surface area (Å²) in [6, 6.07) is 12.4. The molecule has 0 bridgehead atoms. The molecule has 158 valence electrons. The van der Waals surface area contributed by atoms with Gasteiger partial charge in [0.15, 0.2) is 0 Å². The van der Waals surface area contributed by atoms with Gasteiger partial charge in [-0.3, -0.25) is 0 Å². The highest BCUT2D eigenvalue weighted by atomic mass is 35.5. The zero-order valence-electron chi connectivity index (χ0n) is 16.4. The summed E-state index contributed by atoms with van der Waals surface area (Å²) in [4.78, 5) is 7.75.